The molecule has 1 rings (SSSR count). The molecule has 1 amide bonds. The number of carbonyl (C=O) groups is 1. The zero-order chi connectivity index (χ0) is 16.2. The van der Waals surface area contributed by atoms with Crippen LogP contribution >= 0.6 is 11.3 Å². The molecule has 0 aromatic carbocycles. The Bertz CT molecular complexity index is 484. The lowest BCUT2D eigenvalue weighted by atomic mass is 10.1. The highest BCUT2D eigenvalue weighted by Gasteiger charge is 2.24. The van der Waals surface area contributed by atoms with Crippen LogP contribution in [0.2, 0.25) is 0 Å². The minimum absolute atomic E-state index is 0.00103. The van der Waals surface area contributed by atoms with Gasteiger partial charge >= 0.3 is 0 Å². The lowest BCUT2D eigenvalue weighted by molar-refractivity contribution is 0.0960. The zero-order valence-electron chi connectivity index (χ0n) is 13.7. The van der Waals surface area contributed by atoms with Crippen LogP contribution in [-0.2, 0) is 0 Å². The Kier molecular flexibility index (Phi) is 6.33. The molecule has 0 radical (unpaired) electrons. The third-order valence-electron chi connectivity index (χ3n) is 3.16. The van der Waals surface area contributed by atoms with Crippen LogP contribution in [0.1, 0.15) is 51.2 Å². The van der Waals surface area contributed by atoms with Gasteiger partial charge < -0.3 is 21.1 Å². The second-order valence-electron chi connectivity index (χ2n) is 5.71. The molecule has 1 aromatic rings. The Labute approximate surface area is 131 Å². The molecule has 1 atom stereocenters. The fraction of sp³-hybridized carbons (Fsp3) is 0.667. The predicted octanol–water partition coefficient (Wildman–Crippen LogP) is 3.32. The van der Waals surface area contributed by atoms with Crippen LogP contribution in [0.5, 0.6) is 5.75 Å². The van der Waals surface area contributed by atoms with Crippen molar-refractivity contribution >= 4 is 27.9 Å². The highest BCUT2D eigenvalue weighted by atomic mass is 32.1. The molecule has 0 fully saturated rings. The number of ether oxygens (including phenoxy) is 1. The van der Waals surface area contributed by atoms with E-state index in [0.717, 1.165) is 5.00 Å². The monoisotopic (exact) mass is 313 g/mol. The number of amides is 1. The molecular formula is C15H27N3O2S. The van der Waals surface area contributed by atoms with Crippen molar-refractivity contribution < 1.29 is 9.53 Å². The number of hydrogen-bond donors (Lipinski definition) is 3. The van der Waals surface area contributed by atoms with Crippen LogP contribution in [0, 0.1) is 5.92 Å². The molecular weight excluding hydrogens is 286 g/mol. The van der Waals surface area contributed by atoms with Crippen molar-refractivity contribution in [3.05, 3.63) is 4.88 Å². The maximum absolute atomic E-state index is 12.1. The van der Waals surface area contributed by atoms with Crippen molar-refractivity contribution in [1.29, 1.82) is 0 Å². The average molecular weight is 313 g/mol. The third kappa shape index (κ3) is 4.52. The van der Waals surface area contributed by atoms with Crippen LogP contribution < -0.4 is 21.1 Å². The van der Waals surface area contributed by atoms with Gasteiger partial charge in [0.05, 0.1) is 6.10 Å². The molecule has 0 spiro atoms. The van der Waals surface area contributed by atoms with Crippen molar-refractivity contribution in [2.45, 2.75) is 53.7 Å². The minimum Gasteiger partial charge on any atom is -0.486 e. The van der Waals surface area contributed by atoms with E-state index in [1.165, 1.54) is 11.3 Å². The smallest absolute Gasteiger partial charge is 0.263 e. The van der Waals surface area contributed by atoms with Crippen LogP contribution in [-0.4, -0.2) is 24.6 Å². The maximum atomic E-state index is 12.1. The number of rotatable bonds is 7. The molecule has 0 saturated heterocycles. The fourth-order valence-corrected chi connectivity index (χ4v) is 2.73. The molecule has 6 heteroatoms. The van der Waals surface area contributed by atoms with Gasteiger partial charge in [0.2, 0.25) is 0 Å². The lowest BCUT2D eigenvalue weighted by Crippen LogP contribution is -2.22. The summed E-state index contributed by atoms with van der Waals surface area (Å²) in [6.07, 6.45) is -0.00103. The Morgan fingerprint density at radius 1 is 1.29 bits per heavy atom. The molecule has 1 aromatic heterocycles. The van der Waals surface area contributed by atoms with Crippen molar-refractivity contribution in [2.24, 2.45) is 5.92 Å². The molecule has 1 unspecified atom stereocenters. The second-order valence-corrected chi connectivity index (χ2v) is 6.73. The summed E-state index contributed by atoms with van der Waals surface area (Å²) in [5.74, 6) is 0.899. The van der Waals surface area contributed by atoms with E-state index in [1.807, 2.05) is 20.8 Å². The number of nitrogens with one attached hydrogen (secondary N) is 2. The number of nitrogens with two attached hydrogens (primary N) is 1. The van der Waals surface area contributed by atoms with Gasteiger partial charge in [0, 0.05) is 12.6 Å². The third-order valence-corrected chi connectivity index (χ3v) is 4.27. The summed E-state index contributed by atoms with van der Waals surface area (Å²) in [4.78, 5) is 12.6. The van der Waals surface area contributed by atoms with E-state index >= 15 is 0 Å². The fourth-order valence-electron chi connectivity index (χ4n) is 1.66. The number of nitrogen functional groups attached to an aromatic ring is 1. The molecule has 0 bridgehead atoms. The van der Waals surface area contributed by atoms with E-state index in [9.17, 15) is 4.79 Å². The summed E-state index contributed by atoms with van der Waals surface area (Å²) in [7, 11) is 0. The number of thiophene rings is 1. The van der Waals surface area contributed by atoms with E-state index in [0.29, 0.717) is 28.8 Å². The van der Waals surface area contributed by atoms with E-state index in [2.05, 4.69) is 31.4 Å². The normalized spacial score (nSPS) is 12.6. The summed E-state index contributed by atoms with van der Waals surface area (Å²) >= 11 is 1.35. The summed E-state index contributed by atoms with van der Waals surface area (Å²) in [5, 5.41) is 7.01. The summed E-state index contributed by atoms with van der Waals surface area (Å²) in [6, 6.07) is 0.264. The first kappa shape index (κ1) is 17.6. The van der Waals surface area contributed by atoms with Crippen molar-refractivity contribution in [1.82, 2.24) is 5.32 Å². The van der Waals surface area contributed by atoms with Gasteiger partial charge in [0.15, 0.2) is 5.75 Å². The first-order valence-corrected chi connectivity index (χ1v) is 8.23. The average Bonchev–Trinajstić information content (AvgIpc) is 2.67. The summed E-state index contributed by atoms with van der Waals surface area (Å²) in [5.41, 5.74) is 6.53. The highest BCUT2D eigenvalue weighted by molar-refractivity contribution is 7.19. The van der Waals surface area contributed by atoms with Gasteiger partial charge in [-0.1, -0.05) is 13.8 Å². The molecule has 4 N–H and O–H groups in total. The van der Waals surface area contributed by atoms with Gasteiger partial charge in [-0.2, -0.15) is 0 Å². The predicted molar refractivity (Wildman–Crippen MR) is 90.4 cm³/mol. The van der Waals surface area contributed by atoms with Crippen LogP contribution in [0.4, 0.5) is 10.7 Å². The number of anilines is 2. The van der Waals surface area contributed by atoms with Gasteiger partial charge in [-0.05, 0) is 33.6 Å². The maximum Gasteiger partial charge on any atom is 0.263 e. The van der Waals surface area contributed by atoms with E-state index < -0.39 is 0 Å². The topological polar surface area (TPSA) is 76.4 Å². The summed E-state index contributed by atoms with van der Waals surface area (Å²) < 4.78 is 5.81. The molecule has 120 valence electrons. The van der Waals surface area contributed by atoms with Crippen molar-refractivity contribution in [3.63, 3.8) is 0 Å². The quantitative estimate of drug-likeness (QED) is 0.721. The number of carbonyl (C=O) groups excluding carboxylic acids is 1. The molecule has 21 heavy (non-hydrogen) atoms. The van der Waals surface area contributed by atoms with Gasteiger partial charge in [0.25, 0.3) is 5.91 Å². The van der Waals surface area contributed by atoms with Crippen LogP contribution in [0.3, 0.4) is 0 Å². The SMILES string of the molecule is CCNC(=O)c1sc(NC(C)C(C)C)c(OC(C)C)c1N. The van der Waals surface area contributed by atoms with Crippen LogP contribution in [0.15, 0.2) is 0 Å². The Hall–Kier alpha value is -1.43. The standard InChI is InChI=1S/C15H27N3O2S/c1-7-17-14(19)13-11(16)12(20-9(4)5)15(21-13)18-10(6)8(2)3/h8-10,18H,7,16H2,1-6H3,(H,17,19). The Balaban J connectivity index is 3.14. The Morgan fingerprint density at radius 2 is 1.90 bits per heavy atom. The van der Waals surface area contributed by atoms with Crippen LogP contribution in [0.25, 0.3) is 0 Å². The lowest BCUT2D eigenvalue weighted by Gasteiger charge is -2.19. The van der Waals surface area contributed by atoms with Gasteiger partial charge in [-0.25, -0.2) is 0 Å². The van der Waals surface area contributed by atoms with E-state index in [-0.39, 0.29) is 18.1 Å². The molecule has 5 nitrogen and oxygen atoms in total. The highest BCUT2D eigenvalue weighted by Crippen LogP contribution is 2.43. The summed E-state index contributed by atoms with van der Waals surface area (Å²) in [6.45, 7) is 12.7. The van der Waals surface area contributed by atoms with Crippen molar-refractivity contribution in [3.8, 4) is 5.75 Å². The molecule has 0 saturated carbocycles. The van der Waals surface area contributed by atoms with Gasteiger partial charge in [0.1, 0.15) is 15.6 Å². The largest absolute Gasteiger partial charge is 0.486 e. The molecule has 0 aliphatic carbocycles. The molecule has 0 aliphatic rings. The van der Waals surface area contributed by atoms with Gasteiger partial charge in [-0.15, -0.1) is 11.3 Å². The van der Waals surface area contributed by atoms with Gasteiger partial charge in [-0.3, -0.25) is 4.79 Å². The zero-order valence-corrected chi connectivity index (χ0v) is 14.6. The second kappa shape index (κ2) is 7.54. The molecule has 1 heterocycles. The minimum atomic E-state index is -0.154. The first-order chi connectivity index (χ1) is 9.77. The van der Waals surface area contributed by atoms with Crippen molar-refractivity contribution in [2.75, 3.05) is 17.6 Å². The Morgan fingerprint density at radius 3 is 2.38 bits per heavy atom. The van der Waals surface area contributed by atoms with E-state index in [1.54, 1.807) is 0 Å². The van der Waals surface area contributed by atoms with E-state index in [4.69, 9.17) is 10.5 Å². The first-order valence-electron chi connectivity index (χ1n) is 7.41. The molecule has 0 aliphatic heterocycles. The number of hydrogen-bond acceptors (Lipinski definition) is 5.